The fourth-order valence-electron chi connectivity index (χ4n) is 1.89. The van der Waals surface area contributed by atoms with E-state index < -0.39 is 0 Å². The molecular formula is C15H15BrClN. The lowest BCUT2D eigenvalue weighted by Crippen LogP contribution is -2.16. The number of benzene rings is 2. The molecule has 0 aliphatic rings. The summed E-state index contributed by atoms with van der Waals surface area (Å²) in [6.07, 6.45) is 0. The summed E-state index contributed by atoms with van der Waals surface area (Å²) in [5.74, 6) is 0.543. The van der Waals surface area contributed by atoms with E-state index in [1.54, 1.807) is 0 Å². The molecule has 94 valence electrons. The average molecular weight is 325 g/mol. The Kier molecular flexibility index (Phi) is 4.67. The molecule has 0 aromatic heterocycles. The van der Waals surface area contributed by atoms with Crippen LogP contribution in [0.4, 0.5) is 5.69 Å². The summed E-state index contributed by atoms with van der Waals surface area (Å²) in [4.78, 5) is 2.22. The Hall–Kier alpha value is -0.990. The standard InChI is InChI=1S/C15H15BrClN/c1-18(11-12-5-3-2-4-6-12)15-8-7-13(10-17)9-14(15)16/h2-9H,10-11H2,1H3. The van der Waals surface area contributed by atoms with Crippen molar-refractivity contribution in [1.82, 2.24) is 0 Å². The van der Waals surface area contributed by atoms with E-state index in [-0.39, 0.29) is 0 Å². The monoisotopic (exact) mass is 323 g/mol. The zero-order valence-corrected chi connectivity index (χ0v) is 12.6. The molecule has 0 heterocycles. The van der Waals surface area contributed by atoms with E-state index in [4.69, 9.17) is 11.6 Å². The molecule has 0 saturated heterocycles. The minimum Gasteiger partial charge on any atom is -0.369 e. The molecule has 3 heteroatoms. The normalized spacial score (nSPS) is 10.4. The molecule has 0 radical (unpaired) electrons. The number of hydrogen-bond acceptors (Lipinski definition) is 1. The van der Waals surface area contributed by atoms with E-state index >= 15 is 0 Å². The average Bonchev–Trinajstić information content (AvgIpc) is 2.39. The molecule has 1 nitrogen and oxygen atoms in total. The van der Waals surface area contributed by atoms with E-state index in [1.807, 2.05) is 6.07 Å². The molecule has 0 aliphatic carbocycles. The topological polar surface area (TPSA) is 3.24 Å². The molecule has 0 fully saturated rings. The van der Waals surface area contributed by atoms with Crippen molar-refractivity contribution in [3.05, 3.63) is 64.1 Å². The second kappa shape index (κ2) is 6.26. The highest BCUT2D eigenvalue weighted by molar-refractivity contribution is 9.10. The molecule has 0 aliphatic heterocycles. The Labute approximate surface area is 122 Å². The van der Waals surface area contributed by atoms with Gasteiger partial charge >= 0.3 is 0 Å². The fourth-order valence-corrected chi connectivity index (χ4v) is 2.78. The molecule has 0 N–H and O–H groups in total. The Bertz CT molecular complexity index is 513. The Morgan fingerprint density at radius 3 is 2.39 bits per heavy atom. The predicted molar refractivity (Wildman–Crippen MR) is 82.2 cm³/mol. The maximum Gasteiger partial charge on any atom is 0.0511 e. The minimum absolute atomic E-state index is 0.543. The first-order valence-corrected chi connectivity index (χ1v) is 7.13. The first kappa shape index (κ1) is 13.4. The zero-order chi connectivity index (χ0) is 13.0. The van der Waals surface area contributed by atoms with Gasteiger partial charge in [0.2, 0.25) is 0 Å². The quantitative estimate of drug-likeness (QED) is 0.729. The van der Waals surface area contributed by atoms with Crippen molar-refractivity contribution in [3.63, 3.8) is 0 Å². The first-order chi connectivity index (χ1) is 8.70. The highest BCUT2D eigenvalue weighted by atomic mass is 79.9. The molecule has 2 aromatic rings. The molecule has 2 rings (SSSR count). The summed E-state index contributed by atoms with van der Waals surface area (Å²) >= 11 is 9.43. The van der Waals surface area contributed by atoms with E-state index in [1.165, 1.54) is 11.3 Å². The summed E-state index contributed by atoms with van der Waals surface area (Å²) in [7, 11) is 2.09. The summed E-state index contributed by atoms with van der Waals surface area (Å²) in [5.41, 5.74) is 3.60. The van der Waals surface area contributed by atoms with Crippen LogP contribution >= 0.6 is 27.5 Å². The lowest BCUT2D eigenvalue weighted by Gasteiger charge is -2.21. The van der Waals surface area contributed by atoms with Gasteiger partial charge in [-0.2, -0.15) is 0 Å². The number of rotatable bonds is 4. The van der Waals surface area contributed by atoms with Crippen LogP contribution in [0.1, 0.15) is 11.1 Å². The molecule has 0 spiro atoms. The van der Waals surface area contributed by atoms with Crippen LogP contribution in [-0.4, -0.2) is 7.05 Å². The van der Waals surface area contributed by atoms with Crippen LogP contribution in [0.25, 0.3) is 0 Å². The number of halogens is 2. The molecule has 0 bridgehead atoms. The molecule has 0 amide bonds. The number of hydrogen-bond donors (Lipinski definition) is 0. The third-order valence-corrected chi connectivity index (χ3v) is 3.78. The highest BCUT2D eigenvalue weighted by Crippen LogP contribution is 2.28. The second-order valence-corrected chi connectivity index (χ2v) is 5.38. The van der Waals surface area contributed by atoms with Gasteiger partial charge in [0.1, 0.15) is 0 Å². The maximum absolute atomic E-state index is 5.83. The largest absolute Gasteiger partial charge is 0.369 e. The zero-order valence-electron chi connectivity index (χ0n) is 10.2. The third kappa shape index (κ3) is 3.27. The van der Waals surface area contributed by atoms with Crippen molar-refractivity contribution in [1.29, 1.82) is 0 Å². The summed E-state index contributed by atoms with van der Waals surface area (Å²) < 4.78 is 1.08. The lowest BCUT2D eigenvalue weighted by molar-refractivity contribution is 0.919. The number of nitrogens with zero attached hydrogens (tertiary/aromatic N) is 1. The van der Waals surface area contributed by atoms with Gasteiger partial charge in [0, 0.05) is 23.9 Å². The van der Waals surface area contributed by atoms with E-state index in [9.17, 15) is 0 Å². The van der Waals surface area contributed by atoms with Crippen molar-refractivity contribution in [2.45, 2.75) is 12.4 Å². The van der Waals surface area contributed by atoms with Gasteiger partial charge in [-0.15, -0.1) is 11.6 Å². The number of anilines is 1. The molecule has 18 heavy (non-hydrogen) atoms. The van der Waals surface area contributed by atoms with Crippen molar-refractivity contribution >= 4 is 33.2 Å². The van der Waals surface area contributed by atoms with Gasteiger partial charge in [-0.1, -0.05) is 36.4 Å². The van der Waals surface area contributed by atoms with Crippen molar-refractivity contribution in [2.75, 3.05) is 11.9 Å². The summed E-state index contributed by atoms with van der Waals surface area (Å²) in [5, 5.41) is 0. The van der Waals surface area contributed by atoms with Gasteiger partial charge in [-0.3, -0.25) is 0 Å². The van der Waals surface area contributed by atoms with Crippen LogP contribution in [0.2, 0.25) is 0 Å². The van der Waals surface area contributed by atoms with Crippen LogP contribution in [0.5, 0.6) is 0 Å². The molecule has 2 aromatic carbocycles. The van der Waals surface area contributed by atoms with E-state index in [0.29, 0.717) is 5.88 Å². The van der Waals surface area contributed by atoms with Gasteiger partial charge in [-0.25, -0.2) is 0 Å². The molecular weight excluding hydrogens is 310 g/mol. The molecule has 0 unspecified atom stereocenters. The summed E-state index contributed by atoms with van der Waals surface area (Å²) in [6, 6.07) is 16.7. The van der Waals surface area contributed by atoms with Crippen molar-refractivity contribution in [3.8, 4) is 0 Å². The van der Waals surface area contributed by atoms with E-state index in [2.05, 4.69) is 70.3 Å². The number of alkyl halides is 1. The van der Waals surface area contributed by atoms with Gasteiger partial charge in [0.25, 0.3) is 0 Å². The van der Waals surface area contributed by atoms with Crippen LogP contribution in [0.3, 0.4) is 0 Å². The van der Waals surface area contributed by atoms with Crippen LogP contribution < -0.4 is 4.90 Å². The second-order valence-electron chi connectivity index (χ2n) is 4.26. The first-order valence-electron chi connectivity index (χ1n) is 5.80. The van der Waals surface area contributed by atoms with Gasteiger partial charge in [-0.05, 0) is 39.2 Å². The van der Waals surface area contributed by atoms with Crippen molar-refractivity contribution in [2.24, 2.45) is 0 Å². The predicted octanol–water partition coefficient (Wildman–Crippen LogP) is 4.82. The summed E-state index contributed by atoms with van der Waals surface area (Å²) in [6.45, 7) is 0.889. The Morgan fingerprint density at radius 2 is 1.78 bits per heavy atom. The Balaban J connectivity index is 2.16. The molecule has 0 saturated carbocycles. The smallest absolute Gasteiger partial charge is 0.0511 e. The van der Waals surface area contributed by atoms with Crippen LogP contribution in [0.15, 0.2) is 53.0 Å². The van der Waals surface area contributed by atoms with Gasteiger partial charge in [0.05, 0.1) is 5.69 Å². The van der Waals surface area contributed by atoms with Gasteiger partial charge in [0.15, 0.2) is 0 Å². The SMILES string of the molecule is CN(Cc1ccccc1)c1ccc(CCl)cc1Br. The maximum atomic E-state index is 5.83. The fraction of sp³-hybridized carbons (Fsp3) is 0.200. The van der Waals surface area contributed by atoms with Crippen molar-refractivity contribution < 1.29 is 0 Å². The molecule has 0 atom stereocenters. The van der Waals surface area contributed by atoms with Gasteiger partial charge < -0.3 is 4.90 Å². The Morgan fingerprint density at radius 1 is 1.06 bits per heavy atom. The van der Waals surface area contributed by atoms with Crippen LogP contribution in [0, 0.1) is 0 Å². The van der Waals surface area contributed by atoms with E-state index in [0.717, 1.165) is 16.6 Å². The van der Waals surface area contributed by atoms with Crippen LogP contribution in [-0.2, 0) is 12.4 Å². The third-order valence-electron chi connectivity index (χ3n) is 2.84. The lowest BCUT2D eigenvalue weighted by atomic mass is 10.2. The minimum atomic E-state index is 0.543. The highest BCUT2D eigenvalue weighted by Gasteiger charge is 2.07.